The molecule has 1 amide bonds. The highest BCUT2D eigenvalue weighted by Crippen LogP contribution is 2.23. The van der Waals surface area contributed by atoms with E-state index in [2.05, 4.69) is 60.4 Å². The summed E-state index contributed by atoms with van der Waals surface area (Å²) in [5.74, 6) is 1.88. The van der Waals surface area contributed by atoms with Gasteiger partial charge in [0.25, 0.3) is 0 Å². The van der Waals surface area contributed by atoms with Crippen molar-refractivity contribution in [1.29, 1.82) is 0 Å². The number of hydrogen-bond acceptors (Lipinski definition) is 8. The van der Waals surface area contributed by atoms with Crippen LogP contribution in [0.15, 0.2) is 23.1 Å². The fraction of sp³-hybridized carbons (Fsp3) is 0.652. The van der Waals surface area contributed by atoms with Crippen LogP contribution < -0.4 is 10.6 Å². The molecule has 0 aliphatic carbocycles. The number of ether oxygens (including phenoxy) is 1. The molecule has 34 heavy (non-hydrogen) atoms. The van der Waals surface area contributed by atoms with Gasteiger partial charge in [0.05, 0.1) is 23.0 Å². The maximum Gasteiger partial charge on any atom is 0.409 e. The number of nitrogens with one attached hydrogen (secondary N) is 2. The molecule has 2 N–H and O–H groups in total. The largest absolute Gasteiger partial charge is 0.449 e. The van der Waals surface area contributed by atoms with Crippen molar-refractivity contribution in [3.8, 4) is 0 Å². The lowest BCUT2D eigenvalue weighted by molar-refractivity contribution is 0.0729. The Bertz CT molecular complexity index is 945. The fourth-order valence-electron chi connectivity index (χ4n) is 4.40. The van der Waals surface area contributed by atoms with Crippen molar-refractivity contribution >= 4 is 39.5 Å². The van der Waals surface area contributed by atoms with Crippen LogP contribution in [0.2, 0.25) is 0 Å². The molecule has 4 rings (SSSR count). The zero-order chi connectivity index (χ0) is 23.9. The van der Waals surface area contributed by atoms with Gasteiger partial charge in [-0.15, -0.1) is 0 Å². The quantitative estimate of drug-likeness (QED) is 0.442. The first kappa shape index (κ1) is 24.7. The molecule has 186 valence electrons. The third kappa shape index (κ3) is 6.82. The predicted molar refractivity (Wildman–Crippen MR) is 135 cm³/mol. The van der Waals surface area contributed by atoms with Crippen molar-refractivity contribution < 1.29 is 9.53 Å². The summed E-state index contributed by atoms with van der Waals surface area (Å²) in [6, 6.07) is 0.625. The van der Waals surface area contributed by atoms with Crippen LogP contribution in [0, 0.1) is 5.92 Å². The topological polar surface area (TPSA) is 100 Å². The van der Waals surface area contributed by atoms with Gasteiger partial charge in [0.1, 0.15) is 5.82 Å². The van der Waals surface area contributed by atoms with Gasteiger partial charge in [-0.3, -0.25) is 4.68 Å². The van der Waals surface area contributed by atoms with E-state index in [0.29, 0.717) is 43.4 Å². The van der Waals surface area contributed by atoms with E-state index < -0.39 is 0 Å². The Morgan fingerprint density at radius 1 is 1.24 bits per heavy atom. The highest BCUT2D eigenvalue weighted by Gasteiger charge is 2.21. The molecular formula is C23H35BrN8O2. The standard InChI is InChI=1S/C23H35BrN8O2/c1-17(2)30-10-5-18(6-11-30)15-32-16-19(13-27-32)28-22-26-14-20(24)21(29-22)25-7-3-8-31-9-4-12-34-23(31)33/h13-14,16-18H,3-12,15H2,1-2H3,(H2,25,26,28,29). The molecule has 2 aromatic heterocycles. The molecule has 4 heterocycles. The predicted octanol–water partition coefficient (Wildman–Crippen LogP) is 3.94. The number of rotatable bonds is 10. The first-order chi connectivity index (χ1) is 16.5. The number of nitrogens with zero attached hydrogens (tertiary/aromatic N) is 6. The molecule has 2 aliphatic heterocycles. The minimum absolute atomic E-state index is 0.220. The molecule has 0 unspecified atom stereocenters. The van der Waals surface area contributed by atoms with Crippen LogP contribution in [-0.2, 0) is 11.3 Å². The maximum atomic E-state index is 11.7. The van der Waals surface area contributed by atoms with E-state index in [1.807, 2.05) is 17.1 Å². The van der Waals surface area contributed by atoms with Crippen LogP contribution in [0.25, 0.3) is 0 Å². The van der Waals surface area contributed by atoms with Crippen LogP contribution >= 0.6 is 15.9 Å². The summed E-state index contributed by atoms with van der Waals surface area (Å²) in [5.41, 5.74) is 0.872. The van der Waals surface area contributed by atoms with Crippen molar-refractivity contribution in [3.05, 3.63) is 23.1 Å². The lowest BCUT2D eigenvalue weighted by Gasteiger charge is -2.34. The second-order valence-corrected chi connectivity index (χ2v) is 10.1. The Kier molecular flexibility index (Phi) is 8.60. The normalized spacial score (nSPS) is 17.8. The van der Waals surface area contributed by atoms with Gasteiger partial charge in [-0.25, -0.2) is 9.78 Å². The number of carbonyl (C=O) groups is 1. The number of halogens is 1. The van der Waals surface area contributed by atoms with Gasteiger partial charge in [-0.05, 0) is 74.5 Å². The molecule has 0 radical (unpaired) electrons. The van der Waals surface area contributed by atoms with Crippen molar-refractivity contribution in [2.24, 2.45) is 5.92 Å². The highest BCUT2D eigenvalue weighted by atomic mass is 79.9. The number of likely N-dealkylation sites (tertiary alicyclic amines) is 1. The summed E-state index contributed by atoms with van der Waals surface area (Å²) in [7, 11) is 0. The van der Waals surface area contributed by atoms with E-state index in [1.165, 1.54) is 25.9 Å². The van der Waals surface area contributed by atoms with Crippen LogP contribution in [0.3, 0.4) is 0 Å². The minimum atomic E-state index is -0.220. The Balaban J connectivity index is 1.24. The van der Waals surface area contributed by atoms with Crippen molar-refractivity contribution in [2.45, 2.75) is 52.1 Å². The molecule has 10 nitrogen and oxygen atoms in total. The molecule has 11 heteroatoms. The smallest absolute Gasteiger partial charge is 0.409 e. The van der Waals surface area contributed by atoms with E-state index in [-0.39, 0.29) is 6.09 Å². The third-order valence-electron chi connectivity index (χ3n) is 6.41. The summed E-state index contributed by atoms with van der Waals surface area (Å²) >= 11 is 3.51. The fourth-order valence-corrected chi connectivity index (χ4v) is 4.73. The van der Waals surface area contributed by atoms with Gasteiger partial charge in [-0.2, -0.15) is 10.1 Å². The maximum absolute atomic E-state index is 11.7. The van der Waals surface area contributed by atoms with Gasteiger partial charge in [-0.1, -0.05) is 0 Å². The number of carbonyl (C=O) groups excluding carboxylic acids is 1. The average Bonchev–Trinajstić information content (AvgIpc) is 3.26. The summed E-state index contributed by atoms with van der Waals surface area (Å²) in [4.78, 5) is 25.0. The lowest BCUT2D eigenvalue weighted by atomic mass is 9.96. The molecule has 0 saturated carbocycles. The summed E-state index contributed by atoms with van der Waals surface area (Å²) in [6.45, 7) is 10.4. The van der Waals surface area contributed by atoms with Gasteiger partial charge in [0.15, 0.2) is 0 Å². The lowest BCUT2D eigenvalue weighted by Crippen LogP contribution is -2.39. The first-order valence-electron chi connectivity index (χ1n) is 12.2. The highest BCUT2D eigenvalue weighted by molar-refractivity contribution is 9.10. The summed E-state index contributed by atoms with van der Waals surface area (Å²) in [6.07, 6.45) is 9.46. The molecule has 0 bridgehead atoms. The minimum Gasteiger partial charge on any atom is -0.449 e. The zero-order valence-electron chi connectivity index (χ0n) is 20.0. The molecule has 0 spiro atoms. The number of piperidine rings is 1. The molecule has 2 aromatic rings. The Hall–Kier alpha value is -2.40. The van der Waals surface area contributed by atoms with Crippen molar-refractivity contribution in [1.82, 2.24) is 29.5 Å². The molecule has 0 aromatic carbocycles. The number of aromatic nitrogens is 4. The van der Waals surface area contributed by atoms with E-state index in [4.69, 9.17) is 4.74 Å². The third-order valence-corrected chi connectivity index (χ3v) is 6.99. The van der Waals surface area contributed by atoms with Gasteiger partial charge in [0, 0.05) is 44.6 Å². The molecule has 2 aliphatic rings. The summed E-state index contributed by atoms with van der Waals surface area (Å²) < 4.78 is 7.88. The number of hydrogen-bond donors (Lipinski definition) is 2. The van der Waals surface area contributed by atoms with E-state index in [1.54, 1.807) is 11.1 Å². The van der Waals surface area contributed by atoms with Gasteiger partial charge >= 0.3 is 6.09 Å². The Morgan fingerprint density at radius 2 is 2.06 bits per heavy atom. The molecular weight excluding hydrogens is 500 g/mol. The zero-order valence-corrected chi connectivity index (χ0v) is 21.6. The van der Waals surface area contributed by atoms with Gasteiger partial charge in [0.2, 0.25) is 5.95 Å². The van der Waals surface area contributed by atoms with Crippen molar-refractivity contribution in [2.75, 3.05) is 50.0 Å². The van der Waals surface area contributed by atoms with E-state index in [0.717, 1.165) is 36.1 Å². The van der Waals surface area contributed by atoms with Crippen LogP contribution in [0.1, 0.15) is 39.5 Å². The van der Waals surface area contributed by atoms with Crippen LogP contribution in [0.5, 0.6) is 0 Å². The molecule has 0 atom stereocenters. The number of amides is 1. The molecule has 2 saturated heterocycles. The monoisotopic (exact) mass is 534 g/mol. The van der Waals surface area contributed by atoms with E-state index >= 15 is 0 Å². The van der Waals surface area contributed by atoms with Crippen molar-refractivity contribution in [3.63, 3.8) is 0 Å². The summed E-state index contributed by atoms with van der Waals surface area (Å²) in [5, 5.41) is 11.1. The van der Waals surface area contributed by atoms with Gasteiger partial charge < -0.3 is 25.2 Å². The second-order valence-electron chi connectivity index (χ2n) is 9.27. The van der Waals surface area contributed by atoms with Crippen LogP contribution in [0.4, 0.5) is 22.2 Å². The number of anilines is 3. The average molecular weight is 535 g/mol. The first-order valence-corrected chi connectivity index (χ1v) is 13.0. The van der Waals surface area contributed by atoms with E-state index in [9.17, 15) is 4.79 Å². The second kappa shape index (κ2) is 11.8. The Labute approximate surface area is 209 Å². The number of cyclic esters (lactones) is 1. The Morgan fingerprint density at radius 3 is 2.82 bits per heavy atom. The SMILES string of the molecule is CC(C)N1CCC(Cn2cc(Nc3ncc(Br)c(NCCCN4CCCOC4=O)n3)cn2)CC1. The van der Waals surface area contributed by atoms with Crippen LogP contribution in [-0.4, -0.2) is 81.0 Å². The molecule has 2 fully saturated rings.